The van der Waals surface area contributed by atoms with Crippen LogP contribution in [0.4, 0.5) is 0 Å². The molecule has 15 heteroatoms. The Balaban J connectivity index is 1.64. The van der Waals surface area contributed by atoms with Crippen molar-refractivity contribution >= 4 is 44.4 Å². The molecule has 0 atom stereocenters. The summed E-state index contributed by atoms with van der Waals surface area (Å²) >= 11 is 0. The average Bonchev–Trinajstić information content (AvgIpc) is 3.87. The van der Waals surface area contributed by atoms with Gasteiger partial charge >= 0.3 is 0 Å². The van der Waals surface area contributed by atoms with Crippen molar-refractivity contribution in [1.29, 1.82) is 0 Å². The molecule has 0 unspecified atom stereocenters. The van der Waals surface area contributed by atoms with Crippen molar-refractivity contribution in [3.63, 3.8) is 0 Å². The zero-order chi connectivity index (χ0) is 44.1. The number of benzene rings is 1. The number of aromatic nitrogens is 5. The van der Waals surface area contributed by atoms with Crippen LogP contribution >= 0.6 is 0 Å². The monoisotopic (exact) mass is 859 g/mol. The third-order valence-electron chi connectivity index (χ3n) is 10.5. The van der Waals surface area contributed by atoms with Gasteiger partial charge in [-0.1, -0.05) is 13.8 Å². The van der Waals surface area contributed by atoms with Crippen LogP contribution in [0.5, 0.6) is 11.5 Å². The van der Waals surface area contributed by atoms with Crippen LogP contribution in [0.1, 0.15) is 80.4 Å². The molecule has 0 radical (unpaired) electrons. The third kappa shape index (κ3) is 13.5. The molecule has 2 aliphatic heterocycles. The first-order valence-electron chi connectivity index (χ1n) is 21.6. The van der Waals surface area contributed by atoms with Crippen molar-refractivity contribution in [3.8, 4) is 11.5 Å². The van der Waals surface area contributed by atoms with Crippen molar-refractivity contribution in [1.82, 2.24) is 24.9 Å². The standard InChI is InChI=1S/C47H65N5O10/c1-7-34-35(8-2)39-27-41-37(11-13-54)33(4)45(52-41)31-49-43-29-47(62-25-23-60-21-19-58-17-15-56-6)46(61-24-22-59-20-18-57-16-14-55-5)28-42(43)48-30-44-32(3)36(10-9-12-53)40(51-44)26-38(34)50-39/h26-31,51,53-54H,7-25H2,1-6H3. The molecule has 0 amide bonds. The Morgan fingerprint density at radius 2 is 1.03 bits per heavy atom. The molecule has 338 valence electrons. The van der Waals surface area contributed by atoms with Crippen molar-refractivity contribution in [3.05, 3.63) is 70.6 Å². The molecule has 2 aliphatic rings. The van der Waals surface area contributed by atoms with Gasteiger partial charge in [-0.2, -0.15) is 0 Å². The molecule has 0 saturated heterocycles. The molecule has 5 rings (SSSR count). The number of aromatic amines is 1. The molecule has 0 fully saturated rings. The number of nitrogens with one attached hydrogen (secondary N) is 1. The normalized spacial score (nSPS) is 12.7. The van der Waals surface area contributed by atoms with Crippen LogP contribution in [-0.2, 0) is 34.8 Å². The summed E-state index contributed by atoms with van der Waals surface area (Å²) in [6.45, 7) is 13.3. The summed E-state index contributed by atoms with van der Waals surface area (Å²) in [7, 11) is 3.27. The van der Waals surface area contributed by atoms with Gasteiger partial charge in [-0.3, -0.25) is 9.97 Å². The Morgan fingerprint density at radius 1 is 0.532 bits per heavy atom. The van der Waals surface area contributed by atoms with Gasteiger partial charge in [-0.05, 0) is 91.5 Å². The molecule has 15 nitrogen and oxygen atoms in total. The van der Waals surface area contributed by atoms with E-state index in [1.165, 1.54) is 11.1 Å². The van der Waals surface area contributed by atoms with E-state index in [2.05, 4.69) is 31.8 Å². The fraction of sp³-hybridized carbons (Fsp3) is 0.532. The molecule has 0 aliphatic carbocycles. The lowest BCUT2D eigenvalue weighted by molar-refractivity contribution is 0.0160. The van der Waals surface area contributed by atoms with Gasteiger partial charge in [0.1, 0.15) is 13.2 Å². The second-order valence-electron chi connectivity index (χ2n) is 14.6. The molecule has 3 aromatic rings. The average molecular weight is 860 g/mol. The van der Waals surface area contributed by atoms with Crippen LogP contribution in [0.2, 0.25) is 0 Å². The first-order valence-corrected chi connectivity index (χ1v) is 21.6. The molecular formula is C47H65N5O10. The first-order chi connectivity index (χ1) is 30.4. The fourth-order valence-corrected chi connectivity index (χ4v) is 7.26. The second kappa shape index (κ2) is 26.1. The van der Waals surface area contributed by atoms with Crippen molar-refractivity contribution in [2.45, 2.75) is 59.8 Å². The van der Waals surface area contributed by atoms with Crippen LogP contribution in [0.15, 0.2) is 36.7 Å². The molecule has 0 spiro atoms. The Kier molecular flexibility index (Phi) is 20.4. The van der Waals surface area contributed by atoms with E-state index in [9.17, 15) is 10.2 Å². The SMILES string of the molecule is CCC1=C(CC)c2cc3[nH]c(cnc4cc(OCCOCCOCCOC)c(OCCOCCOCCOC)cc4ncc4nc(cc1n2)C(CCO)=C4C)c(C)c3CCCO. The van der Waals surface area contributed by atoms with Gasteiger partial charge in [0, 0.05) is 45.1 Å². The highest BCUT2D eigenvalue weighted by atomic mass is 16.6. The van der Waals surface area contributed by atoms with E-state index in [0.717, 1.165) is 63.2 Å². The number of allylic oxidation sites excluding steroid dienone is 3. The topological polar surface area (TPSA) is 182 Å². The van der Waals surface area contributed by atoms with Gasteiger partial charge in [-0.15, -0.1) is 0 Å². The van der Waals surface area contributed by atoms with E-state index in [-0.39, 0.29) is 26.4 Å². The number of aliphatic hydroxyl groups excluding tert-OH is 2. The minimum absolute atomic E-state index is 0.0256. The smallest absolute Gasteiger partial charge is 0.163 e. The summed E-state index contributed by atoms with van der Waals surface area (Å²) in [6.07, 6.45) is 6.88. The van der Waals surface area contributed by atoms with Gasteiger partial charge in [0.25, 0.3) is 0 Å². The van der Waals surface area contributed by atoms with Crippen molar-refractivity contribution < 1.29 is 48.1 Å². The lowest BCUT2D eigenvalue weighted by atomic mass is 9.98. The summed E-state index contributed by atoms with van der Waals surface area (Å²) < 4.78 is 45.2. The fourth-order valence-electron chi connectivity index (χ4n) is 7.26. The van der Waals surface area contributed by atoms with Crippen molar-refractivity contribution in [2.75, 3.05) is 107 Å². The molecule has 4 heterocycles. The number of hydrogen-bond acceptors (Lipinski definition) is 14. The van der Waals surface area contributed by atoms with Gasteiger partial charge in [0.15, 0.2) is 11.5 Å². The lowest BCUT2D eigenvalue weighted by Gasteiger charge is -2.14. The maximum atomic E-state index is 10.1. The van der Waals surface area contributed by atoms with E-state index in [1.54, 1.807) is 26.6 Å². The molecule has 2 aromatic heterocycles. The number of nitrogens with zero attached hydrogens (tertiary/aromatic N) is 4. The third-order valence-corrected chi connectivity index (χ3v) is 10.5. The van der Waals surface area contributed by atoms with Crippen LogP contribution in [0.3, 0.4) is 0 Å². The predicted octanol–water partition coefficient (Wildman–Crippen LogP) is 6.73. The van der Waals surface area contributed by atoms with Crippen molar-refractivity contribution in [2.24, 2.45) is 0 Å². The molecule has 6 bridgehead atoms. The summed E-state index contributed by atoms with van der Waals surface area (Å²) in [5.41, 5.74) is 12.4. The number of H-pyrrole nitrogens is 1. The number of aliphatic hydroxyl groups is 2. The number of aryl methyl sites for hydroxylation is 2. The number of ether oxygens (including phenoxy) is 8. The number of rotatable bonds is 27. The van der Waals surface area contributed by atoms with Gasteiger partial charge in [0.05, 0.1) is 118 Å². The van der Waals surface area contributed by atoms with E-state index >= 15 is 0 Å². The van der Waals surface area contributed by atoms with E-state index in [1.807, 2.05) is 25.1 Å². The Hall–Kier alpha value is -4.58. The molecule has 0 saturated carbocycles. The molecule has 1 aromatic carbocycles. The maximum Gasteiger partial charge on any atom is 0.163 e. The highest BCUT2D eigenvalue weighted by Gasteiger charge is 2.22. The summed E-state index contributed by atoms with van der Waals surface area (Å²) in [5.74, 6) is 0.926. The largest absolute Gasteiger partial charge is 0.487 e. The Labute approximate surface area is 365 Å². The van der Waals surface area contributed by atoms with E-state index in [4.69, 9.17) is 57.8 Å². The highest BCUT2D eigenvalue weighted by molar-refractivity contribution is 5.95. The van der Waals surface area contributed by atoms with Crippen LogP contribution in [-0.4, -0.2) is 142 Å². The minimum Gasteiger partial charge on any atom is -0.487 e. The molecule has 3 N–H and O–H groups in total. The predicted molar refractivity (Wildman–Crippen MR) is 241 cm³/mol. The summed E-state index contributed by atoms with van der Waals surface area (Å²) in [6, 6.07) is 7.79. The van der Waals surface area contributed by atoms with Crippen LogP contribution in [0.25, 0.3) is 44.4 Å². The molecule has 62 heavy (non-hydrogen) atoms. The summed E-state index contributed by atoms with van der Waals surface area (Å²) in [5, 5.41) is 20.0. The number of hydrogen-bond donors (Lipinski definition) is 3. The Morgan fingerprint density at radius 3 is 1.56 bits per heavy atom. The van der Waals surface area contributed by atoms with Gasteiger partial charge < -0.3 is 53.1 Å². The van der Waals surface area contributed by atoms with Crippen LogP contribution in [0, 0.1) is 6.92 Å². The van der Waals surface area contributed by atoms with E-state index in [0.29, 0.717) is 114 Å². The van der Waals surface area contributed by atoms with E-state index < -0.39 is 0 Å². The quantitative estimate of drug-likeness (QED) is 0.0687. The Bertz CT molecular complexity index is 2170. The summed E-state index contributed by atoms with van der Waals surface area (Å²) in [4.78, 5) is 23.9. The van der Waals surface area contributed by atoms with Crippen LogP contribution < -0.4 is 9.47 Å². The number of fused-ring (bicyclic) bond motifs is 7. The number of methoxy groups -OCH3 is 2. The second-order valence-corrected chi connectivity index (χ2v) is 14.6. The maximum absolute atomic E-state index is 10.1. The lowest BCUT2D eigenvalue weighted by Crippen LogP contribution is -2.14. The zero-order valence-electron chi connectivity index (χ0n) is 37.3. The highest BCUT2D eigenvalue weighted by Crippen LogP contribution is 2.38. The van der Waals surface area contributed by atoms with Gasteiger partial charge in [0.2, 0.25) is 0 Å². The van der Waals surface area contributed by atoms with Gasteiger partial charge in [-0.25, -0.2) is 9.97 Å². The zero-order valence-corrected chi connectivity index (χ0v) is 37.3. The molecular weight excluding hydrogens is 795 g/mol. The minimum atomic E-state index is -0.0256. The first kappa shape index (κ1) is 48.5.